The number of benzene rings is 1. The fourth-order valence-corrected chi connectivity index (χ4v) is 3.02. The number of unbranched alkanes of at least 4 members (excludes halogenated alkanes) is 9. The average Bonchev–Trinajstić information content (AvgIpc) is 2.46. The predicted molar refractivity (Wildman–Crippen MR) is 96.2 cm³/mol. The molecule has 1 nitrogen and oxygen atoms in total. The highest BCUT2D eigenvalue weighted by molar-refractivity contribution is 9.10. The molecule has 0 bridgehead atoms. The van der Waals surface area contributed by atoms with Crippen molar-refractivity contribution in [3.05, 3.63) is 28.2 Å². The molecule has 120 valence electrons. The summed E-state index contributed by atoms with van der Waals surface area (Å²) >= 11 is 3.48. The van der Waals surface area contributed by atoms with Crippen molar-refractivity contribution in [1.82, 2.24) is 0 Å². The zero-order chi connectivity index (χ0) is 15.3. The Labute approximate surface area is 139 Å². The third kappa shape index (κ3) is 9.18. The molecule has 1 aromatic carbocycles. The Morgan fingerprint density at radius 3 is 2.00 bits per heavy atom. The summed E-state index contributed by atoms with van der Waals surface area (Å²) in [5, 5.41) is 0. The van der Waals surface area contributed by atoms with E-state index >= 15 is 0 Å². The zero-order valence-corrected chi connectivity index (χ0v) is 15.4. The Balaban J connectivity index is 1.93. The first kappa shape index (κ1) is 18.5. The summed E-state index contributed by atoms with van der Waals surface area (Å²) in [4.78, 5) is 0. The molecule has 1 rings (SSSR count). The molecule has 0 aromatic heterocycles. The van der Waals surface area contributed by atoms with Crippen molar-refractivity contribution >= 4 is 15.9 Å². The first-order valence-corrected chi connectivity index (χ1v) is 9.42. The van der Waals surface area contributed by atoms with E-state index in [1.54, 1.807) is 0 Å². The lowest BCUT2D eigenvalue weighted by atomic mass is 10.1. The maximum Gasteiger partial charge on any atom is 0.122 e. The summed E-state index contributed by atoms with van der Waals surface area (Å²) in [6.45, 7) is 5.22. The van der Waals surface area contributed by atoms with E-state index in [0.717, 1.165) is 16.8 Å². The molecule has 0 radical (unpaired) electrons. The SMILES string of the molecule is CCCCCCCCCCCCOc1ccc(Br)cc1C. The van der Waals surface area contributed by atoms with E-state index < -0.39 is 0 Å². The van der Waals surface area contributed by atoms with Crippen molar-refractivity contribution in [3.63, 3.8) is 0 Å². The quantitative estimate of drug-likeness (QED) is 0.365. The number of hydrogen-bond acceptors (Lipinski definition) is 1. The molecule has 0 aliphatic rings. The van der Waals surface area contributed by atoms with E-state index in [-0.39, 0.29) is 0 Å². The highest BCUT2D eigenvalue weighted by Crippen LogP contribution is 2.22. The lowest BCUT2D eigenvalue weighted by Crippen LogP contribution is -1.98. The standard InChI is InChI=1S/C19H31BrO/c1-3-4-5-6-7-8-9-10-11-12-15-21-19-14-13-18(20)16-17(19)2/h13-14,16H,3-12,15H2,1-2H3. The fraction of sp³-hybridized carbons (Fsp3) is 0.684. The van der Waals surface area contributed by atoms with Gasteiger partial charge in [-0.05, 0) is 37.1 Å². The summed E-state index contributed by atoms with van der Waals surface area (Å²) in [7, 11) is 0. The number of rotatable bonds is 12. The van der Waals surface area contributed by atoms with Gasteiger partial charge in [-0.15, -0.1) is 0 Å². The molecule has 0 unspecified atom stereocenters. The van der Waals surface area contributed by atoms with Crippen LogP contribution in [-0.4, -0.2) is 6.61 Å². The van der Waals surface area contributed by atoms with Crippen LogP contribution in [0.1, 0.15) is 76.7 Å². The van der Waals surface area contributed by atoms with Crippen molar-refractivity contribution in [3.8, 4) is 5.75 Å². The summed E-state index contributed by atoms with van der Waals surface area (Å²) in [6, 6.07) is 6.20. The molecule has 0 heterocycles. The second-order valence-corrected chi connectivity index (χ2v) is 6.86. The first-order valence-electron chi connectivity index (χ1n) is 8.63. The molecular weight excluding hydrogens is 324 g/mol. The van der Waals surface area contributed by atoms with Crippen molar-refractivity contribution in [1.29, 1.82) is 0 Å². The third-order valence-electron chi connectivity index (χ3n) is 3.89. The van der Waals surface area contributed by atoms with Crippen molar-refractivity contribution in [2.75, 3.05) is 6.61 Å². The van der Waals surface area contributed by atoms with Crippen LogP contribution >= 0.6 is 15.9 Å². The Bertz CT molecular complexity index is 376. The molecule has 0 aliphatic carbocycles. The van der Waals surface area contributed by atoms with Gasteiger partial charge in [0.25, 0.3) is 0 Å². The lowest BCUT2D eigenvalue weighted by Gasteiger charge is -2.09. The monoisotopic (exact) mass is 354 g/mol. The highest BCUT2D eigenvalue weighted by atomic mass is 79.9. The van der Waals surface area contributed by atoms with Crippen LogP contribution in [0.3, 0.4) is 0 Å². The molecule has 1 aromatic rings. The second-order valence-electron chi connectivity index (χ2n) is 5.94. The minimum atomic E-state index is 0.846. The van der Waals surface area contributed by atoms with Crippen LogP contribution in [0.25, 0.3) is 0 Å². The Hall–Kier alpha value is -0.500. The highest BCUT2D eigenvalue weighted by Gasteiger charge is 2.00. The normalized spacial score (nSPS) is 10.8. The molecule has 0 amide bonds. The van der Waals surface area contributed by atoms with E-state index in [9.17, 15) is 0 Å². The van der Waals surface area contributed by atoms with Crippen LogP contribution < -0.4 is 4.74 Å². The second kappa shape index (κ2) is 12.1. The van der Waals surface area contributed by atoms with Gasteiger partial charge in [-0.25, -0.2) is 0 Å². The van der Waals surface area contributed by atoms with Crippen LogP contribution in [0, 0.1) is 6.92 Å². The number of ether oxygens (including phenoxy) is 1. The van der Waals surface area contributed by atoms with E-state index in [2.05, 4.69) is 41.9 Å². The number of hydrogen-bond donors (Lipinski definition) is 0. The largest absolute Gasteiger partial charge is 0.493 e. The van der Waals surface area contributed by atoms with Crippen LogP contribution in [0.5, 0.6) is 5.75 Å². The van der Waals surface area contributed by atoms with Crippen LogP contribution in [0.4, 0.5) is 0 Å². The Morgan fingerprint density at radius 2 is 1.43 bits per heavy atom. The van der Waals surface area contributed by atoms with Gasteiger partial charge < -0.3 is 4.74 Å². The van der Waals surface area contributed by atoms with E-state index in [1.165, 1.54) is 69.8 Å². The van der Waals surface area contributed by atoms with Crippen LogP contribution in [0.2, 0.25) is 0 Å². The van der Waals surface area contributed by atoms with Crippen LogP contribution in [-0.2, 0) is 0 Å². The van der Waals surface area contributed by atoms with Gasteiger partial charge in [0.05, 0.1) is 6.61 Å². The molecule has 0 fully saturated rings. The van der Waals surface area contributed by atoms with Gasteiger partial charge in [-0.1, -0.05) is 80.6 Å². The molecule has 2 heteroatoms. The summed E-state index contributed by atoms with van der Waals surface area (Å²) < 4.78 is 6.96. The topological polar surface area (TPSA) is 9.23 Å². The Kier molecular flexibility index (Phi) is 10.7. The molecule has 0 N–H and O–H groups in total. The minimum Gasteiger partial charge on any atom is -0.493 e. The van der Waals surface area contributed by atoms with Crippen molar-refractivity contribution < 1.29 is 4.74 Å². The van der Waals surface area contributed by atoms with Gasteiger partial charge in [0.15, 0.2) is 0 Å². The zero-order valence-electron chi connectivity index (χ0n) is 13.8. The molecule has 0 atom stereocenters. The van der Waals surface area contributed by atoms with Gasteiger partial charge in [0, 0.05) is 4.47 Å². The van der Waals surface area contributed by atoms with Gasteiger partial charge in [0.2, 0.25) is 0 Å². The molecule has 0 saturated heterocycles. The molecular formula is C19H31BrO. The van der Waals surface area contributed by atoms with Gasteiger partial charge >= 0.3 is 0 Å². The molecule has 0 spiro atoms. The van der Waals surface area contributed by atoms with E-state index in [1.807, 2.05) is 6.07 Å². The maximum atomic E-state index is 5.84. The molecule has 0 aliphatic heterocycles. The smallest absolute Gasteiger partial charge is 0.122 e. The fourth-order valence-electron chi connectivity index (χ4n) is 2.55. The van der Waals surface area contributed by atoms with Gasteiger partial charge in [0.1, 0.15) is 5.75 Å². The van der Waals surface area contributed by atoms with Gasteiger partial charge in [-0.3, -0.25) is 0 Å². The number of aryl methyl sites for hydroxylation is 1. The first-order chi connectivity index (χ1) is 10.2. The Morgan fingerprint density at radius 1 is 0.857 bits per heavy atom. The average molecular weight is 355 g/mol. The lowest BCUT2D eigenvalue weighted by molar-refractivity contribution is 0.302. The van der Waals surface area contributed by atoms with Gasteiger partial charge in [-0.2, -0.15) is 0 Å². The minimum absolute atomic E-state index is 0.846. The van der Waals surface area contributed by atoms with E-state index in [4.69, 9.17) is 4.74 Å². The summed E-state index contributed by atoms with van der Waals surface area (Å²) in [6.07, 6.45) is 13.7. The van der Waals surface area contributed by atoms with Crippen LogP contribution in [0.15, 0.2) is 22.7 Å². The van der Waals surface area contributed by atoms with E-state index in [0.29, 0.717) is 0 Å². The molecule has 0 saturated carbocycles. The predicted octanol–water partition coefficient (Wildman–Crippen LogP) is 7.06. The number of halogens is 1. The maximum absolute atomic E-state index is 5.84. The van der Waals surface area contributed by atoms with Crippen molar-refractivity contribution in [2.24, 2.45) is 0 Å². The summed E-state index contributed by atoms with van der Waals surface area (Å²) in [5.41, 5.74) is 1.21. The summed E-state index contributed by atoms with van der Waals surface area (Å²) in [5.74, 6) is 1.02. The van der Waals surface area contributed by atoms with Crippen molar-refractivity contribution in [2.45, 2.75) is 78.1 Å². The third-order valence-corrected chi connectivity index (χ3v) is 4.39. The molecule has 21 heavy (non-hydrogen) atoms.